The molecular weight excluding hydrogens is 264 g/mol. The van der Waals surface area contributed by atoms with Gasteiger partial charge in [-0.2, -0.15) is 0 Å². The average molecular weight is 286 g/mol. The molecule has 0 spiro atoms. The highest BCUT2D eigenvalue weighted by atomic mass is 32.2. The van der Waals surface area contributed by atoms with Gasteiger partial charge in [0, 0.05) is 11.8 Å². The molecule has 19 heavy (non-hydrogen) atoms. The van der Waals surface area contributed by atoms with Crippen LogP contribution in [0, 0.1) is 0 Å². The molecule has 2 aliphatic rings. The number of likely N-dealkylation sites (tertiary alicyclic amines) is 1. The first-order valence-corrected chi connectivity index (χ1v) is 8.08. The normalized spacial score (nSPS) is 25.3. The zero-order valence-corrected chi connectivity index (χ0v) is 12.0. The van der Waals surface area contributed by atoms with E-state index < -0.39 is 12.0 Å². The van der Waals surface area contributed by atoms with Crippen LogP contribution in [0.5, 0.6) is 0 Å². The van der Waals surface area contributed by atoms with Gasteiger partial charge in [-0.15, -0.1) is 11.8 Å². The molecule has 0 saturated carbocycles. The number of carboxylic acid groups (broad SMARTS) is 1. The van der Waals surface area contributed by atoms with Gasteiger partial charge in [-0.25, -0.2) is 4.79 Å². The van der Waals surface area contributed by atoms with Gasteiger partial charge in [-0.05, 0) is 45.2 Å². The Morgan fingerprint density at radius 2 is 1.95 bits per heavy atom. The van der Waals surface area contributed by atoms with Crippen LogP contribution in [0.4, 0.5) is 0 Å². The second-order valence-corrected chi connectivity index (χ2v) is 6.49. The van der Waals surface area contributed by atoms with Gasteiger partial charge < -0.3 is 15.3 Å². The number of nitrogens with one attached hydrogen (secondary N) is 1. The molecule has 0 aromatic carbocycles. The summed E-state index contributed by atoms with van der Waals surface area (Å²) in [4.78, 5) is 24.9. The van der Waals surface area contributed by atoms with Crippen molar-refractivity contribution in [2.24, 2.45) is 0 Å². The Kier molecular flexibility index (Phi) is 5.51. The molecule has 2 saturated heterocycles. The number of piperidine rings is 2. The number of carbonyl (C=O) groups is 2. The van der Waals surface area contributed by atoms with Crippen LogP contribution in [0.1, 0.15) is 32.1 Å². The first-order chi connectivity index (χ1) is 9.18. The summed E-state index contributed by atoms with van der Waals surface area (Å²) < 4.78 is 0. The number of nitrogens with zero attached hydrogens (tertiary/aromatic N) is 1. The van der Waals surface area contributed by atoms with Crippen LogP contribution in [0.2, 0.25) is 0 Å². The summed E-state index contributed by atoms with van der Waals surface area (Å²) in [6.45, 7) is 2.64. The largest absolute Gasteiger partial charge is 0.480 e. The van der Waals surface area contributed by atoms with E-state index >= 15 is 0 Å². The van der Waals surface area contributed by atoms with Gasteiger partial charge in [0.1, 0.15) is 6.04 Å². The van der Waals surface area contributed by atoms with E-state index in [-0.39, 0.29) is 5.91 Å². The van der Waals surface area contributed by atoms with Gasteiger partial charge >= 0.3 is 5.97 Å². The molecule has 0 aliphatic carbocycles. The Bertz CT molecular complexity index is 332. The zero-order chi connectivity index (χ0) is 13.7. The van der Waals surface area contributed by atoms with Crippen molar-refractivity contribution >= 4 is 23.6 Å². The number of carboxylic acids is 1. The highest BCUT2D eigenvalue weighted by molar-refractivity contribution is 8.00. The maximum atomic E-state index is 12.2. The minimum absolute atomic E-state index is 0.00404. The second-order valence-electron chi connectivity index (χ2n) is 5.20. The molecule has 2 aliphatic heterocycles. The fraction of sp³-hybridized carbons (Fsp3) is 0.846. The number of carbonyl (C=O) groups excluding carboxylic acids is 1. The smallest absolute Gasteiger partial charge is 0.326 e. The zero-order valence-electron chi connectivity index (χ0n) is 11.1. The predicted octanol–water partition coefficient (Wildman–Crippen LogP) is 0.937. The number of hydrogen-bond donors (Lipinski definition) is 2. The molecule has 2 fully saturated rings. The van der Waals surface area contributed by atoms with Gasteiger partial charge in [0.2, 0.25) is 5.91 Å². The molecule has 108 valence electrons. The third kappa shape index (κ3) is 4.11. The second kappa shape index (κ2) is 7.14. The van der Waals surface area contributed by atoms with Crippen LogP contribution < -0.4 is 5.32 Å². The van der Waals surface area contributed by atoms with Crippen LogP contribution in [0.15, 0.2) is 0 Å². The molecule has 0 radical (unpaired) electrons. The van der Waals surface area contributed by atoms with E-state index in [9.17, 15) is 9.59 Å². The summed E-state index contributed by atoms with van der Waals surface area (Å²) in [6.07, 6.45) is 4.62. The van der Waals surface area contributed by atoms with E-state index in [0.29, 0.717) is 24.0 Å². The summed E-state index contributed by atoms with van der Waals surface area (Å²) in [5.41, 5.74) is 0. The van der Waals surface area contributed by atoms with Crippen molar-refractivity contribution in [1.82, 2.24) is 10.2 Å². The molecular formula is C13H22N2O3S. The van der Waals surface area contributed by atoms with Gasteiger partial charge in [0.15, 0.2) is 0 Å². The predicted molar refractivity (Wildman–Crippen MR) is 75.3 cm³/mol. The lowest BCUT2D eigenvalue weighted by atomic mass is 10.0. The van der Waals surface area contributed by atoms with Crippen LogP contribution in [0.3, 0.4) is 0 Å². The first kappa shape index (κ1) is 14.7. The van der Waals surface area contributed by atoms with Crippen molar-refractivity contribution in [2.75, 3.05) is 25.4 Å². The van der Waals surface area contributed by atoms with Gasteiger partial charge in [0.25, 0.3) is 0 Å². The molecule has 0 aromatic rings. The van der Waals surface area contributed by atoms with Gasteiger partial charge in [0.05, 0.1) is 5.75 Å². The van der Waals surface area contributed by atoms with Crippen molar-refractivity contribution in [2.45, 2.75) is 43.4 Å². The van der Waals surface area contributed by atoms with Crippen LogP contribution >= 0.6 is 11.8 Å². The average Bonchev–Trinajstić information content (AvgIpc) is 2.46. The standard InChI is InChI=1S/C13H22N2O3S/c16-12(9-19-10-4-6-14-7-5-10)15-8-2-1-3-11(15)13(17)18/h10-11,14H,1-9H2,(H,17,18)/t11-/m1/s1. The third-order valence-electron chi connectivity index (χ3n) is 3.84. The highest BCUT2D eigenvalue weighted by Gasteiger charge is 2.32. The summed E-state index contributed by atoms with van der Waals surface area (Å²) in [5.74, 6) is -0.440. The minimum Gasteiger partial charge on any atom is -0.480 e. The number of amides is 1. The van der Waals surface area contributed by atoms with E-state index in [0.717, 1.165) is 38.8 Å². The van der Waals surface area contributed by atoms with Crippen LogP contribution in [-0.2, 0) is 9.59 Å². The molecule has 1 atom stereocenters. The number of hydrogen-bond acceptors (Lipinski definition) is 4. The summed E-state index contributed by atoms with van der Waals surface area (Å²) in [7, 11) is 0. The van der Waals surface area contributed by atoms with Crippen molar-refractivity contribution < 1.29 is 14.7 Å². The fourth-order valence-corrected chi connectivity index (χ4v) is 3.83. The van der Waals surface area contributed by atoms with Crippen molar-refractivity contribution in [3.63, 3.8) is 0 Å². The fourth-order valence-electron chi connectivity index (χ4n) is 2.72. The Balaban J connectivity index is 1.81. The molecule has 6 heteroatoms. The molecule has 0 unspecified atom stereocenters. The number of thioether (sulfide) groups is 1. The quantitative estimate of drug-likeness (QED) is 0.805. The SMILES string of the molecule is O=C(O)[C@H]1CCCCN1C(=O)CSC1CCNCC1. The highest BCUT2D eigenvalue weighted by Crippen LogP contribution is 2.23. The van der Waals surface area contributed by atoms with E-state index in [4.69, 9.17) is 5.11 Å². The molecule has 2 heterocycles. The lowest BCUT2D eigenvalue weighted by Gasteiger charge is -2.33. The van der Waals surface area contributed by atoms with Gasteiger partial charge in [-0.3, -0.25) is 4.79 Å². The Hall–Kier alpha value is -0.750. The summed E-state index contributed by atoms with van der Waals surface area (Å²) in [5, 5.41) is 13.0. The third-order valence-corrected chi connectivity index (χ3v) is 5.19. The van der Waals surface area contributed by atoms with Crippen LogP contribution in [0.25, 0.3) is 0 Å². The van der Waals surface area contributed by atoms with E-state index in [1.54, 1.807) is 16.7 Å². The van der Waals surface area contributed by atoms with Crippen molar-refractivity contribution in [3.05, 3.63) is 0 Å². The number of rotatable bonds is 4. The molecule has 5 nitrogen and oxygen atoms in total. The van der Waals surface area contributed by atoms with Crippen LogP contribution in [-0.4, -0.2) is 58.6 Å². The topological polar surface area (TPSA) is 69.6 Å². The molecule has 1 amide bonds. The molecule has 2 N–H and O–H groups in total. The van der Waals surface area contributed by atoms with E-state index in [2.05, 4.69) is 5.32 Å². The lowest BCUT2D eigenvalue weighted by molar-refractivity contribution is -0.150. The van der Waals surface area contributed by atoms with Crippen molar-refractivity contribution in [3.8, 4) is 0 Å². The summed E-state index contributed by atoms with van der Waals surface area (Å²) in [6, 6.07) is -0.602. The first-order valence-electron chi connectivity index (χ1n) is 7.03. The molecule has 0 aromatic heterocycles. The lowest BCUT2D eigenvalue weighted by Crippen LogP contribution is -2.48. The molecule has 2 rings (SSSR count). The summed E-state index contributed by atoms with van der Waals surface area (Å²) >= 11 is 1.69. The maximum absolute atomic E-state index is 12.2. The Morgan fingerprint density at radius 3 is 2.63 bits per heavy atom. The van der Waals surface area contributed by atoms with Crippen molar-refractivity contribution in [1.29, 1.82) is 0 Å². The Labute approximate surface area is 118 Å². The number of aliphatic carboxylic acids is 1. The minimum atomic E-state index is -0.861. The van der Waals surface area contributed by atoms with E-state index in [1.165, 1.54) is 0 Å². The monoisotopic (exact) mass is 286 g/mol. The molecule has 0 bridgehead atoms. The van der Waals surface area contributed by atoms with E-state index in [1.807, 2.05) is 0 Å². The maximum Gasteiger partial charge on any atom is 0.326 e. The Morgan fingerprint density at radius 1 is 1.21 bits per heavy atom. The van der Waals surface area contributed by atoms with Gasteiger partial charge in [-0.1, -0.05) is 0 Å².